The van der Waals surface area contributed by atoms with Gasteiger partial charge in [-0.15, -0.1) is 11.8 Å². The van der Waals surface area contributed by atoms with Crippen molar-refractivity contribution in [3.63, 3.8) is 0 Å². The summed E-state index contributed by atoms with van der Waals surface area (Å²) in [5, 5.41) is 13.5. The second kappa shape index (κ2) is 7.04. The first-order chi connectivity index (χ1) is 9.19. The van der Waals surface area contributed by atoms with Gasteiger partial charge in [0, 0.05) is 9.37 Å². The summed E-state index contributed by atoms with van der Waals surface area (Å²) in [6.45, 7) is 0.381. The third kappa shape index (κ3) is 4.31. The molecule has 2 aromatic rings. The lowest BCUT2D eigenvalue weighted by Gasteiger charge is -2.01. The summed E-state index contributed by atoms with van der Waals surface area (Å²) in [7, 11) is 0. The highest BCUT2D eigenvalue weighted by Crippen LogP contribution is 2.24. The Labute approximate surface area is 123 Å². The minimum Gasteiger partial charge on any atom is -0.383 e. The van der Waals surface area contributed by atoms with Crippen LogP contribution in [-0.2, 0) is 5.75 Å². The molecule has 102 valence electrons. The summed E-state index contributed by atoms with van der Waals surface area (Å²) in [5.74, 6) is 1.40. The smallest absolute Gasteiger partial charge is 0.255 e. The number of aliphatic hydroxyl groups excluding tert-OH is 1. The van der Waals surface area contributed by atoms with Crippen LogP contribution in [0.4, 0.5) is 0 Å². The molecule has 1 atom stereocenters. The molecule has 0 spiro atoms. The molecule has 0 radical (unpaired) electrons. The standard InChI is InChI=1S/C12H14BrN3O2S/c13-8-1-3-9(4-2-8)19-7-11-15-12(18-16-11)10(17)5-6-14/h1-4,10,17H,5-7,14H2/t10-/m0/s1. The Kier molecular flexibility index (Phi) is 5.38. The number of hydrogen-bond acceptors (Lipinski definition) is 6. The molecule has 3 N–H and O–H groups in total. The van der Waals surface area contributed by atoms with Gasteiger partial charge in [0.15, 0.2) is 5.82 Å². The summed E-state index contributed by atoms with van der Waals surface area (Å²) in [6.07, 6.45) is -0.356. The summed E-state index contributed by atoms with van der Waals surface area (Å²) >= 11 is 5.00. The minimum atomic E-state index is -0.774. The molecule has 7 heteroatoms. The summed E-state index contributed by atoms with van der Waals surface area (Å²) in [6, 6.07) is 7.99. The van der Waals surface area contributed by atoms with E-state index >= 15 is 0 Å². The predicted molar refractivity (Wildman–Crippen MR) is 76.6 cm³/mol. The van der Waals surface area contributed by atoms with Gasteiger partial charge in [-0.25, -0.2) is 0 Å². The number of aromatic nitrogens is 2. The molecule has 0 bridgehead atoms. The maximum Gasteiger partial charge on any atom is 0.255 e. The van der Waals surface area contributed by atoms with Crippen molar-refractivity contribution in [1.82, 2.24) is 10.1 Å². The van der Waals surface area contributed by atoms with Crippen molar-refractivity contribution < 1.29 is 9.63 Å². The fourth-order valence-corrected chi connectivity index (χ4v) is 2.43. The third-order valence-electron chi connectivity index (χ3n) is 2.39. The summed E-state index contributed by atoms with van der Waals surface area (Å²) < 4.78 is 6.04. The second-order valence-corrected chi connectivity index (χ2v) is 5.85. The van der Waals surface area contributed by atoms with Crippen LogP contribution in [0.25, 0.3) is 0 Å². The van der Waals surface area contributed by atoms with Crippen molar-refractivity contribution in [2.24, 2.45) is 5.73 Å². The molecular formula is C12H14BrN3O2S. The van der Waals surface area contributed by atoms with E-state index in [2.05, 4.69) is 26.1 Å². The predicted octanol–water partition coefficient (Wildman–Crippen LogP) is 2.51. The molecule has 5 nitrogen and oxygen atoms in total. The maximum atomic E-state index is 9.66. The molecule has 0 amide bonds. The Morgan fingerprint density at radius 2 is 2.11 bits per heavy atom. The maximum absolute atomic E-state index is 9.66. The minimum absolute atomic E-state index is 0.233. The van der Waals surface area contributed by atoms with E-state index in [9.17, 15) is 5.11 Å². The lowest BCUT2D eigenvalue weighted by molar-refractivity contribution is 0.127. The highest BCUT2D eigenvalue weighted by molar-refractivity contribution is 9.10. The van der Waals surface area contributed by atoms with Crippen LogP contribution in [0, 0.1) is 0 Å². The molecule has 1 heterocycles. The van der Waals surface area contributed by atoms with Crippen LogP contribution in [0.2, 0.25) is 0 Å². The zero-order valence-corrected chi connectivity index (χ0v) is 12.5. The number of nitrogens with zero attached hydrogens (tertiary/aromatic N) is 2. The zero-order chi connectivity index (χ0) is 13.7. The highest BCUT2D eigenvalue weighted by Gasteiger charge is 2.15. The average Bonchev–Trinajstić information content (AvgIpc) is 2.87. The number of hydrogen-bond donors (Lipinski definition) is 2. The molecule has 0 aliphatic rings. The largest absolute Gasteiger partial charge is 0.383 e. The Balaban J connectivity index is 1.91. The Bertz CT molecular complexity index is 518. The summed E-state index contributed by atoms with van der Waals surface area (Å²) in [4.78, 5) is 5.27. The quantitative estimate of drug-likeness (QED) is 0.784. The first-order valence-electron chi connectivity index (χ1n) is 5.78. The van der Waals surface area contributed by atoms with Crippen molar-refractivity contribution >= 4 is 27.7 Å². The molecule has 0 saturated carbocycles. The van der Waals surface area contributed by atoms with E-state index in [0.29, 0.717) is 24.5 Å². The van der Waals surface area contributed by atoms with E-state index < -0.39 is 6.10 Å². The Hall–Kier alpha value is -0.890. The van der Waals surface area contributed by atoms with Gasteiger partial charge >= 0.3 is 0 Å². The van der Waals surface area contributed by atoms with Gasteiger partial charge in [0.1, 0.15) is 6.10 Å². The monoisotopic (exact) mass is 343 g/mol. The van der Waals surface area contributed by atoms with Gasteiger partial charge < -0.3 is 15.4 Å². The van der Waals surface area contributed by atoms with Crippen LogP contribution < -0.4 is 5.73 Å². The molecular weight excluding hydrogens is 330 g/mol. The normalized spacial score (nSPS) is 12.6. The lowest BCUT2D eigenvalue weighted by atomic mass is 10.2. The van der Waals surface area contributed by atoms with Gasteiger partial charge in [0.25, 0.3) is 5.89 Å². The third-order valence-corrected chi connectivity index (χ3v) is 3.93. The topological polar surface area (TPSA) is 85.2 Å². The lowest BCUT2D eigenvalue weighted by Crippen LogP contribution is -2.06. The zero-order valence-electron chi connectivity index (χ0n) is 10.1. The molecule has 1 aromatic carbocycles. The van der Waals surface area contributed by atoms with Gasteiger partial charge in [-0.1, -0.05) is 21.1 Å². The van der Waals surface area contributed by atoms with Gasteiger partial charge in [0.05, 0.1) is 5.75 Å². The van der Waals surface area contributed by atoms with Gasteiger partial charge in [-0.3, -0.25) is 0 Å². The number of benzene rings is 1. The van der Waals surface area contributed by atoms with Crippen molar-refractivity contribution in [3.8, 4) is 0 Å². The second-order valence-electron chi connectivity index (χ2n) is 3.88. The highest BCUT2D eigenvalue weighted by atomic mass is 79.9. The van der Waals surface area contributed by atoms with Crippen LogP contribution in [0.1, 0.15) is 24.2 Å². The van der Waals surface area contributed by atoms with Gasteiger partial charge in [-0.2, -0.15) is 4.98 Å². The Morgan fingerprint density at radius 1 is 1.37 bits per heavy atom. The fourth-order valence-electron chi connectivity index (χ4n) is 1.42. The number of rotatable bonds is 6. The fraction of sp³-hybridized carbons (Fsp3) is 0.333. The summed E-state index contributed by atoms with van der Waals surface area (Å²) in [5.41, 5.74) is 5.36. The molecule has 2 rings (SSSR count). The van der Waals surface area contributed by atoms with Crippen molar-refractivity contribution in [1.29, 1.82) is 0 Å². The molecule has 0 saturated heterocycles. The average molecular weight is 344 g/mol. The molecule has 19 heavy (non-hydrogen) atoms. The van der Waals surface area contributed by atoms with Gasteiger partial charge in [0.2, 0.25) is 0 Å². The van der Waals surface area contributed by atoms with E-state index in [0.717, 1.165) is 9.37 Å². The first-order valence-corrected chi connectivity index (χ1v) is 7.56. The van der Waals surface area contributed by atoms with E-state index in [1.165, 1.54) is 0 Å². The SMILES string of the molecule is NCC[C@H](O)c1nc(CSc2ccc(Br)cc2)no1. The number of nitrogens with two attached hydrogens (primary N) is 1. The van der Waals surface area contributed by atoms with Crippen molar-refractivity contribution in [2.45, 2.75) is 23.2 Å². The molecule has 0 aliphatic carbocycles. The van der Waals surface area contributed by atoms with Crippen LogP contribution in [0.15, 0.2) is 38.2 Å². The first kappa shape index (κ1) is 14.5. The molecule has 0 aliphatic heterocycles. The van der Waals surface area contributed by atoms with E-state index in [1.54, 1.807) is 11.8 Å². The van der Waals surface area contributed by atoms with Crippen molar-refractivity contribution in [3.05, 3.63) is 40.5 Å². The van der Waals surface area contributed by atoms with Gasteiger partial charge in [-0.05, 0) is 37.2 Å². The number of aliphatic hydroxyl groups is 1. The molecule has 1 aromatic heterocycles. The number of halogens is 1. The van der Waals surface area contributed by atoms with E-state index in [4.69, 9.17) is 10.3 Å². The van der Waals surface area contributed by atoms with Crippen LogP contribution in [0.5, 0.6) is 0 Å². The van der Waals surface area contributed by atoms with Crippen molar-refractivity contribution in [2.75, 3.05) is 6.54 Å². The van der Waals surface area contributed by atoms with Crippen LogP contribution in [-0.4, -0.2) is 21.8 Å². The van der Waals surface area contributed by atoms with E-state index in [-0.39, 0.29) is 5.89 Å². The molecule has 0 unspecified atom stereocenters. The van der Waals surface area contributed by atoms with Crippen LogP contribution >= 0.6 is 27.7 Å². The number of thioether (sulfide) groups is 1. The van der Waals surface area contributed by atoms with E-state index in [1.807, 2.05) is 24.3 Å². The Morgan fingerprint density at radius 3 is 2.79 bits per heavy atom. The molecule has 0 fully saturated rings. The van der Waals surface area contributed by atoms with Crippen LogP contribution in [0.3, 0.4) is 0 Å².